The number of hydrogen-bond acceptors (Lipinski definition) is 5. The minimum Gasteiger partial charge on any atom is -0.303 e. The second-order valence-corrected chi connectivity index (χ2v) is 9.77. The number of aromatic nitrogens is 1. The molecule has 1 aromatic heterocycles. The highest BCUT2D eigenvalue weighted by Gasteiger charge is 2.60. The Hall–Kier alpha value is -3.39. The fourth-order valence-electron chi connectivity index (χ4n) is 4.48. The lowest BCUT2D eigenvalue weighted by Crippen LogP contribution is -2.55. The number of nitriles is 1. The third-order valence-electron chi connectivity index (χ3n) is 7.03. The maximum Gasteiger partial charge on any atom is 0.419 e. The van der Waals surface area contributed by atoms with Crippen LogP contribution in [0.15, 0.2) is 30.5 Å². The minimum atomic E-state index is -4.87. The number of carbonyl (C=O) groups is 2. The Bertz CT molecular complexity index is 1310. The molecule has 1 aromatic carbocycles. The molecule has 2 aromatic rings. The van der Waals surface area contributed by atoms with E-state index in [1.165, 1.54) is 23.1 Å². The van der Waals surface area contributed by atoms with Crippen LogP contribution in [0.1, 0.15) is 61.6 Å². The molecule has 1 atom stereocenters. The fraction of sp³-hybridized carbons (Fsp3) is 0.400. The van der Waals surface area contributed by atoms with Crippen molar-refractivity contribution in [3.8, 4) is 6.07 Å². The first-order chi connectivity index (χ1) is 16.8. The van der Waals surface area contributed by atoms with E-state index < -0.39 is 40.6 Å². The van der Waals surface area contributed by atoms with E-state index in [-0.39, 0.29) is 33.8 Å². The topological polar surface area (TPSA) is 77.3 Å². The molecule has 11 heteroatoms. The maximum atomic E-state index is 15.1. The van der Waals surface area contributed by atoms with Gasteiger partial charge in [-0.05, 0) is 61.7 Å². The van der Waals surface area contributed by atoms with Crippen LogP contribution in [-0.4, -0.2) is 27.3 Å². The SMILES string of the molecule is CC(C)C(C)C(=O)c1ccc(N2C(=S)N(c3cnc(C#N)c(C(F)(F)F)c3)C(=O)C23CCC3)cc1F. The van der Waals surface area contributed by atoms with Crippen LogP contribution < -0.4 is 9.80 Å². The lowest BCUT2D eigenvalue weighted by molar-refractivity contribution is -0.138. The quantitative estimate of drug-likeness (QED) is 0.289. The zero-order valence-electron chi connectivity index (χ0n) is 19.7. The van der Waals surface area contributed by atoms with Gasteiger partial charge in [-0.3, -0.25) is 14.5 Å². The largest absolute Gasteiger partial charge is 0.419 e. The molecular formula is C25H22F4N4O2S. The number of ketones is 1. The number of thiocarbonyl (C=S) groups is 1. The molecule has 1 unspecified atom stereocenters. The first-order valence-corrected chi connectivity index (χ1v) is 11.7. The van der Waals surface area contributed by atoms with Crippen LogP contribution in [0.5, 0.6) is 0 Å². The van der Waals surface area contributed by atoms with Crippen LogP contribution in [0.4, 0.5) is 28.9 Å². The van der Waals surface area contributed by atoms with Crippen molar-refractivity contribution in [2.45, 2.75) is 51.7 Å². The van der Waals surface area contributed by atoms with Gasteiger partial charge >= 0.3 is 6.18 Å². The third kappa shape index (κ3) is 3.93. The number of Topliss-reactive ketones (excluding diaryl/α,β-unsaturated/α-hetero) is 1. The van der Waals surface area contributed by atoms with Gasteiger partial charge in [-0.1, -0.05) is 20.8 Å². The Labute approximate surface area is 210 Å². The zero-order valence-corrected chi connectivity index (χ0v) is 20.5. The first kappa shape index (κ1) is 25.7. The van der Waals surface area contributed by atoms with Crippen molar-refractivity contribution in [2.75, 3.05) is 9.80 Å². The normalized spacial score (nSPS) is 18.0. The highest BCUT2D eigenvalue weighted by Crippen LogP contribution is 2.48. The zero-order chi connectivity index (χ0) is 26.6. The molecule has 1 spiro atoms. The van der Waals surface area contributed by atoms with Crippen LogP contribution in [-0.2, 0) is 11.0 Å². The summed E-state index contributed by atoms with van der Waals surface area (Å²) in [5.74, 6) is -2.06. The van der Waals surface area contributed by atoms with Gasteiger partial charge in [0.15, 0.2) is 16.6 Å². The summed E-state index contributed by atoms with van der Waals surface area (Å²) in [4.78, 5) is 32.2. The summed E-state index contributed by atoms with van der Waals surface area (Å²) in [6.07, 6.45) is -2.48. The van der Waals surface area contributed by atoms with Gasteiger partial charge in [0.25, 0.3) is 5.91 Å². The number of hydrogen-bond donors (Lipinski definition) is 0. The van der Waals surface area contributed by atoms with E-state index in [1.54, 1.807) is 6.92 Å². The molecular weight excluding hydrogens is 496 g/mol. The van der Waals surface area contributed by atoms with Crippen LogP contribution >= 0.6 is 12.2 Å². The molecule has 1 amide bonds. The van der Waals surface area contributed by atoms with Gasteiger partial charge in [0.05, 0.1) is 23.0 Å². The predicted octanol–water partition coefficient (Wildman–Crippen LogP) is 5.65. The fourth-order valence-corrected chi connectivity index (χ4v) is 4.95. The van der Waals surface area contributed by atoms with Crippen LogP contribution in [0.25, 0.3) is 0 Å². The summed E-state index contributed by atoms with van der Waals surface area (Å²) >= 11 is 5.52. The van der Waals surface area contributed by atoms with Crippen molar-refractivity contribution in [1.82, 2.24) is 4.98 Å². The molecule has 2 heterocycles. The van der Waals surface area contributed by atoms with Crippen molar-refractivity contribution in [3.05, 3.63) is 53.1 Å². The van der Waals surface area contributed by atoms with E-state index in [0.29, 0.717) is 25.3 Å². The van der Waals surface area contributed by atoms with Crippen molar-refractivity contribution >= 4 is 40.4 Å². The van der Waals surface area contributed by atoms with Crippen LogP contribution in [0.2, 0.25) is 0 Å². The van der Waals surface area contributed by atoms with Gasteiger partial charge in [0.1, 0.15) is 17.4 Å². The number of benzene rings is 1. The number of nitrogens with zero attached hydrogens (tertiary/aromatic N) is 4. The van der Waals surface area contributed by atoms with Gasteiger partial charge in [-0.15, -0.1) is 0 Å². The number of halogens is 4. The second kappa shape index (κ2) is 8.92. The number of anilines is 2. The number of rotatable bonds is 5. The Balaban J connectivity index is 1.76. The monoisotopic (exact) mass is 518 g/mol. The first-order valence-electron chi connectivity index (χ1n) is 11.3. The van der Waals surface area contributed by atoms with Gasteiger partial charge in [0.2, 0.25) is 0 Å². The van der Waals surface area contributed by atoms with Crippen molar-refractivity contribution in [3.63, 3.8) is 0 Å². The molecule has 1 saturated heterocycles. The van der Waals surface area contributed by atoms with Gasteiger partial charge in [-0.25, -0.2) is 9.37 Å². The van der Waals surface area contributed by atoms with E-state index in [0.717, 1.165) is 17.2 Å². The summed E-state index contributed by atoms with van der Waals surface area (Å²) in [5, 5.41) is 8.90. The standard InChI is InChI=1S/C25H22F4N4O2S/c1-13(2)14(3)21(34)17-6-5-15(10-19(17)26)33-23(36)32(22(35)24(33)7-4-8-24)16-9-18(25(27,28)29)20(11-30)31-12-16/h5-6,9-10,12-14H,4,7-8H2,1-3H3. The smallest absolute Gasteiger partial charge is 0.303 e. The van der Waals surface area contributed by atoms with E-state index in [2.05, 4.69) is 4.98 Å². The van der Waals surface area contributed by atoms with E-state index in [4.69, 9.17) is 17.5 Å². The number of pyridine rings is 1. The summed E-state index contributed by atoms with van der Waals surface area (Å²) in [5.41, 5.74) is -3.37. The molecule has 6 nitrogen and oxygen atoms in total. The molecule has 0 bridgehead atoms. The molecule has 4 rings (SSSR count). The molecule has 0 radical (unpaired) electrons. The lowest BCUT2D eigenvalue weighted by atomic mass is 9.75. The molecule has 188 valence electrons. The lowest BCUT2D eigenvalue weighted by Gasteiger charge is -2.43. The number of amides is 1. The van der Waals surface area contributed by atoms with Gasteiger partial charge < -0.3 is 4.90 Å². The Morgan fingerprint density at radius 3 is 2.36 bits per heavy atom. The molecule has 36 heavy (non-hydrogen) atoms. The third-order valence-corrected chi connectivity index (χ3v) is 7.39. The summed E-state index contributed by atoms with van der Waals surface area (Å²) in [7, 11) is 0. The predicted molar refractivity (Wildman–Crippen MR) is 128 cm³/mol. The van der Waals surface area contributed by atoms with Gasteiger partial charge in [-0.2, -0.15) is 18.4 Å². The van der Waals surface area contributed by atoms with Crippen LogP contribution in [0.3, 0.4) is 0 Å². The Kier molecular flexibility index (Phi) is 6.37. The van der Waals surface area contributed by atoms with Gasteiger partial charge in [0, 0.05) is 11.6 Å². The number of carbonyl (C=O) groups excluding carboxylic acids is 2. The second-order valence-electron chi connectivity index (χ2n) is 9.40. The summed E-state index contributed by atoms with van der Waals surface area (Å²) in [6.45, 7) is 5.44. The average molecular weight is 519 g/mol. The average Bonchev–Trinajstić information content (AvgIpc) is 3.03. The molecule has 1 aliphatic heterocycles. The molecule has 1 saturated carbocycles. The Morgan fingerprint density at radius 1 is 1.19 bits per heavy atom. The van der Waals surface area contributed by atoms with Crippen molar-refractivity contribution in [1.29, 1.82) is 5.26 Å². The molecule has 2 fully saturated rings. The van der Waals surface area contributed by atoms with Crippen LogP contribution in [0, 0.1) is 29.0 Å². The molecule has 0 N–H and O–H groups in total. The minimum absolute atomic E-state index is 0.00906. The maximum absolute atomic E-state index is 15.1. The molecule has 1 aliphatic carbocycles. The number of alkyl halides is 3. The summed E-state index contributed by atoms with van der Waals surface area (Å²) in [6, 6.07) is 6.04. The highest BCUT2D eigenvalue weighted by atomic mass is 32.1. The highest BCUT2D eigenvalue weighted by molar-refractivity contribution is 7.81. The van der Waals surface area contributed by atoms with E-state index in [9.17, 15) is 22.8 Å². The molecule has 2 aliphatic rings. The van der Waals surface area contributed by atoms with E-state index in [1.807, 2.05) is 13.8 Å². The Morgan fingerprint density at radius 2 is 1.86 bits per heavy atom. The summed E-state index contributed by atoms with van der Waals surface area (Å²) < 4.78 is 55.7. The van der Waals surface area contributed by atoms with Crippen molar-refractivity contribution in [2.24, 2.45) is 11.8 Å². The van der Waals surface area contributed by atoms with E-state index >= 15 is 4.39 Å². The van der Waals surface area contributed by atoms with Crippen molar-refractivity contribution < 1.29 is 27.2 Å².